The molecule has 110 valence electrons. The lowest BCUT2D eigenvalue weighted by Crippen LogP contribution is -2.14. The highest BCUT2D eigenvalue weighted by atomic mass is 35.5. The maximum Gasteiger partial charge on any atom is 0.371 e. The first-order valence-electron chi connectivity index (χ1n) is 5.66. The highest BCUT2D eigenvalue weighted by molar-refractivity contribution is 7.99. The summed E-state index contributed by atoms with van der Waals surface area (Å²) < 4.78 is 18.5. The summed E-state index contributed by atoms with van der Waals surface area (Å²) in [5, 5.41) is 11.6. The Morgan fingerprint density at radius 1 is 1.33 bits per heavy atom. The molecule has 0 spiro atoms. The van der Waals surface area contributed by atoms with E-state index in [0.717, 1.165) is 17.8 Å². The van der Waals surface area contributed by atoms with Gasteiger partial charge in [-0.05, 0) is 30.3 Å². The minimum atomic E-state index is -1.19. The van der Waals surface area contributed by atoms with Crippen LogP contribution < -0.4 is 5.32 Å². The average Bonchev–Trinajstić information content (AvgIpc) is 2.89. The number of benzene rings is 1. The van der Waals surface area contributed by atoms with Crippen LogP contribution >= 0.6 is 23.4 Å². The van der Waals surface area contributed by atoms with Gasteiger partial charge in [0.15, 0.2) is 5.09 Å². The summed E-state index contributed by atoms with van der Waals surface area (Å²) in [7, 11) is 0. The summed E-state index contributed by atoms with van der Waals surface area (Å²) in [6, 6.07) is 6.65. The fraction of sp³-hybridized carbons (Fsp3) is 0.0769. The number of aromatic carboxylic acids is 1. The molecule has 1 aromatic carbocycles. The molecule has 1 heterocycles. The number of carboxylic acid groups (broad SMARTS) is 1. The van der Waals surface area contributed by atoms with Gasteiger partial charge in [-0.3, -0.25) is 4.79 Å². The molecule has 8 heteroatoms. The Morgan fingerprint density at radius 3 is 2.71 bits per heavy atom. The first-order valence-corrected chi connectivity index (χ1v) is 7.03. The van der Waals surface area contributed by atoms with Crippen molar-refractivity contribution >= 4 is 40.9 Å². The van der Waals surface area contributed by atoms with Gasteiger partial charge >= 0.3 is 5.97 Å². The molecule has 0 atom stereocenters. The lowest BCUT2D eigenvalue weighted by molar-refractivity contribution is -0.113. The molecule has 0 radical (unpaired) electrons. The first kappa shape index (κ1) is 15.4. The van der Waals surface area contributed by atoms with Gasteiger partial charge in [0.2, 0.25) is 11.7 Å². The Morgan fingerprint density at radius 2 is 2.10 bits per heavy atom. The lowest BCUT2D eigenvalue weighted by atomic mass is 10.3. The van der Waals surface area contributed by atoms with Gasteiger partial charge in [-0.15, -0.1) is 0 Å². The maximum atomic E-state index is 13.5. The topological polar surface area (TPSA) is 79.5 Å². The average molecular weight is 330 g/mol. The Hall–Kier alpha value is -1.99. The third-order valence-electron chi connectivity index (χ3n) is 2.34. The fourth-order valence-corrected chi connectivity index (χ4v) is 2.24. The molecule has 0 aliphatic heterocycles. The fourth-order valence-electron chi connectivity index (χ4n) is 1.43. The van der Waals surface area contributed by atoms with Crippen LogP contribution in [0.25, 0.3) is 0 Å². The number of carbonyl (C=O) groups is 2. The Balaban J connectivity index is 1.91. The molecule has 0 saturated heterocycles. The van der Waals surface area contributed by atoms with E-state index in [-0.39, 0.29) is 22.2 Å². The minimum absolute atomic E-state index is 0.0238. The van der Waals surface area contributed by atoms with Crippen LogP contribution in [-0.2, 0) is 4.79 Å². The van der Waals surface area contributed by atoms with Crippen molar-refractivity contribution < 1.29 is 23.5 Å². The molecule has 5 nitrogen and oxygen atoms in total. The number of hydrogen-bond acceptors (Lipinski definition) is 4. The Kier molecular flexibility index (Phi) is 4.87. The number of carboxylic acids is 1. The minimum Gasteiger partial charge on any atom is -0.475 e. The molecule has 2 N–H and O–H groups in total. The highest BCUT2D eigenvalue weighted by Crippen LogP contribution is 2.22. The van der Waals surface area contributed by atoms with Gasteiger partial charge in [-0.1, -0.05) is 23.4 Å². The van der Waals surface area contributed by atoms with Crippen LogP contribution in [0.15, 0.2) is 39.8 Å². The highest BCUT2D eigenvalue weighted by Gasteiger charge is 2.12. The smallest absolute Gasteiger partial charge is 0.371 e. The van der Waals surface area contributed by atoms with Crippen LogP contribution in [0, 0.1) is 5.82 Å². The van der Waals surface area contributed by atoms with Gasteiger partial charge < -0.3 is 14.8 Å². The maximum absolute atomic E-state index is 13.5. The van der Waals surface area contributed by atoms with Crippen LogP contribution in [0.5, 0.6) is 0 Å². The van der Waals surface area contributed by atoms with Crippen molar-refractivity contribution in [2.45, 2.75) is 5.09 Å². The van der Waals surface area contributed by atoms with Crippen molar-refractivity contribution in [2.75, 3.05) is 11.1 Å². The van der Waals surface area contributed by atoms with Crippen molar-refractivity contribution in [3.63, 3.8) is 0 Å². The van der Waals surface area contributed by atoms with Crippen LogP contribution in [0.3, 0.4) is 0 Å². The van der Waals surface area contributed by atoms with Crippen LogP contribution in [-0.4, -0.2) is 22.7 Å². The molecule has 0 fully saturated rings. The SMILES string of the molecule is O=C(CSc1ccc(C(=O)O)o1)Nc1ccc(Cl)cc1F. The van der Waals surface area contributed by atoms with Crippen LogP contribution in [0.1, 0.15) is 10.6 Å². The van der Waals surface area contributed by atoms with Crippen molar-refractivity contribution in [3.8, 4) is 0 Å². The number of hydrogen-bond donors (Lipinski definition) is 2. The summed E-state index contributed by atoms with van der Waals surface area (Å²) in [6.07, 6.45) is 0. The van der Waals surface area contributed by atoms with Gasteiger partial charge in [0.1, 0.15) is 5.82 Å². The third-order valence-corrected chi connectivity index (χ3v) is 3.49. The van der Waals surface area contributed by atoms with Gasteiger partial charge in [0.05, 0.1) is 11.4 Å². The van der Waals surface area contributed by atoms with Gasteiger partial charge in [-0.2, -0.15) is 0 Å². The van der Waals surface area contributed by atoms with E-state index in [1.165, 1.54) is 24.3 Å². The van der Waals surface area contributed by atoms with E-state index in [1.54, 1.807) is 0 Å². The zero-order valence-electron chi connectivity index (χ0n) is 10.4. The number of amides is 1. The number of rotatable bonds is 5. The molecule has 2 aromatic rings. The molecular weight excluding hydrogens is 321 g/mol. The third kappa shape index (κ3) is 4.24. The predicted molar refractivity (Wildman–Crippen MR) is 76.4 cm³/mol. The summed E-state index contributed by atoms with van der Waals surface area (Å²) in [6.45, 7) is 0. The number of furan rings is 1. The molecule has 21 heavy (non-hydrogen) atoms. The lowest BCUT2D eigenvalue weighted by Gasteiger charge is -2.05. The number of thioether (sulfide) groups is 1. The van der Waals surface area contributed by atoms with Crippen molar-refractivity contribution in [1.29, 1.82) is 0 Å². The summed E-state index contributed by atoms with van der Waals surface area (Å²) in [5.74, 6) is -2.52. The molecule has 0 unspecified atom stereocenters. The molecule has 1 aromatic heterocycles. The van der Waals surface area contributed by atoms with E-state index in [4.69, 9.17) is 21.1 Å². The summed E-state index contributed by atoms with van der Waals surface area (Å²) in [5.41, 5.74) is 0.0238. The Labute approximate surface area is 128 Å². The van der Waals surface area contributed by atoms with Gasteiger partial charge in [0, 0.05) is 5.02 Å². The second-order valence-corrected chi connectivity index (χ2v) is 5.30. The molecule has 0 aliphatic carbocycles. The second-order valence-electron chi connectivity index (χ2n) is 3.88. The monoisotopic (exact) mass is 329 g/mol. The van der Waals surface area contributed by atoms with Crippen LogP contribution in [0.4, 0.5) is 10.1 Å². The van der Waals surface area contributed by atoms with E-state index >= 15 is 0 Å². The quantitative estimate of drug-likeness (QED) is 0.821. The number of nitrogens with one attached hydrogen (secondary N) is 1. The van der Waals surface area contributed by atoms with Crippen molar-refractivity contribution in [1.82, 2.24) is 0 Å². The van der Waals surface area contributed by atoms with E-state index < -0.39 is 17.7 Å². The number of carbonyl (C=O) groups excluding carboxylic acids is 1. The first-order chi connectivity index (χ1) is 9.95. The summed E-state index contributed by atoms with van der Waals surface area (Å²) >= 11 is 6.61. The predicted octanol–water partition coefficient (Wildman–Crippen LogP) is 3.50. The molecular formula is C13H9ClFNO4S. The van der Waals surface area contributed by atoms with E-state index in [1.807, 2.05) is 0 Å². The van der Waals surface area contributed by atoms with E-state index in [0.29, 0.717) is 5.09 Å². The van der Waals surface area contributed by atoms with Gasteiger partial charge in [0.25, 0.3) is 0 Å². The van der Waals surface area contributed by atoms with E-state index in [2.05, 4.69) is 5.32 Å². The zero-order chi connectivity index (χ0) is 15.4. The van der Waals surface area contributed by atoms with Crippen molar-refractivity contribution in [3.05, 3.63) is 46.9 Å². The molecule has 1 amide bonds. The number of anilines is 1. The van der Waals surface area contributed by atoms with E-state index in [9.17, 15) is 14.0 Å². The standard InChI is InChI=1S/C13H9ClFNO4S/c14-7-1-2-9(8(15)5-7)16-11(17)6-21-12-4-3-10(20-12)13(18)19/h1-5H,6H2,(H,16,17)(H,18,19). The Bertz CT molecular complexity index is 689. The normalized spacial score (nSPS) is 10.4. The zero-order valence-corrected chi connectivity index (χ0v) is 12.0. The molecule has 2 rings (SSSR count). The van der Waals surface area contributed by atoms with Crippen LogP contribution in [0.2, 0.25) is 5.02 Å². The molecule has 0 bridgehead atoms. The number of halogens is 2. The van der Waals surface area contributed by atoms with Crippen molar-refractivity contribution in [2.24, 2.45) is 0 Å². The van der Waals surface area contributed by atoms with Gasteiger partial charge in [-0.25, -0.2) is 9.18 Å². The summed E-state index contributed by atoms with van der Waals surface area (Å²) in [4.78, 5) is 22.3. The molecule has 0 saturated carbocycles. The molecule has 0 aliphatic rings. The largest absolute Gasteiger partial charge is 0.475 e. The second kappa shape index (κ2) is 6.64.